The smallest absolute Gasteiger partial charge is 0.163 e. The van der Waals surface area contributed by atoms with Crippen LogP contribution in [0.4, 0.5) is 0 Å². The maximum Gasteiger partial charge on any atom is 0.163 e. The Balaban J connectivity index is 0. The summed E-state index contributed by atoms with van der Waals surface area (Å²) in [6.45, 7) is 13.8. The predicted octanol–water partition coefficient (Wildman–Crippen LogP) is 0.886. The van der Waals surface area contributed by atoms with Gasteiger partial charge in [-0.3, -0.25) is 0 Å². The Bertz CT molecular complexity index is 397. The van der Waals surface area contributed by atoms with Gasteiger partial charge in [0.15, 0.2) is 6.21 Å². The maximum absolute atomic E-state index is 8.49. The summed E-state index contributed by atoms with van der Waals surface area (Å²) in [6.07, 6.45) is 21.3. The third-order valence-corrected chi connectivity index (χ3v) is 4.01. The van der Waals surface area contributed by atoms with E-state index in [-0.39, 0.29) is 0 Å². The average Bonchev–Trinajstić information content (AvgIpc) is 2.63. The van der Waals surface area contributed by atoms with Gasteiger partial charge in [0.1, 0.15) is 13.1 Å². The lowest BCUT2D eigenvalue weighted by Gasteiger charge is -2.19. The highest BCUT2D eigenvalue weighted by Crippen LogP contribution is 2.00. The molecule has 0 amide bonds. The standard InChI is InChI=1S/C21H41N2.ClHO4/c1-5-9-16-22(17-10-6-2)20-14-13-15-21-23(18-11-7-3)19-12-8-4;2-1(3,4)5/h13-15,20-21H,5-12,16-19H2,1-4H3;(H,2,3,4,5)/q+1;/p-1. The van der Waals surface area contributed by atoms with Gasteiger partial charge in [-0.1, -0.05) is 59.5 Å². The van der Waals surface area contributed by atoms with Crippen LogP contribution in [0.15, 0.2) is 24.4 Å². The molecular weight excluding hydrogens is 380 g/mol. The van der Waals surface area contributed by atoms with Crippen molar-refractivity contribution in [1.29, 1.82) is 0 Å². The molecule has 28 heavy (non-hydrogen) atoms. The Kier molecular flexibility index (Phi) is 21.8. The molecule has 0 heterocycles. The number of hydrogen-bond acceptors (Lipinski definition) is 5. The van der Waals surface area contributed by atoms with E-state index in [9.17, 15) is 0 Å². The Labute approximate surface area is 174 Å². The first kappa shape index (κ1) is 29.3. The predicted molar refractivity (Wildman–Crippen MR) is 106 cm³/mol. The lowest BCUT2D eigenvalue weighted by atomic mass is 10.3. The molecule has 0 aliphatic rings. The SMILES string of the molecule is CCCCN(C=CC=CC=[N+](CCCC)CCCC)CCCC.[O-][Cl+3]([O-])([O-])[O-]. The molecule has 0 aromatic rings. The number of hydrogen-bond donors (Lipinski definition) is 0. The summed E-state index contributed by atoms with van der Waals surface area (Å²) in [7, 11) is -4.94. The van der Waals surface area contributed by atoms with E-state index in [2.05, 4.69) is 67.8 Å². The van der Waals surface area contributed by atoms with Crippen LogP contribution in [0.25, 0.3) is 0 Å². The van der Waals surface area contributed by atoms with E-state index in [0.29, 0.717) is 0 Å². The van der Waals surface area contributed by atoms with E-state index in [1.807, 2.05) is 0 Å². The van der Waals surface area contributed by atoms with E-state index in [4.69, 9.17) is 18.6 Å². The largest absolute Gasteiger partial charge is 0.377 e. The summed E-state index contributed by atoms with van der Waals surface area (Å²) >= 11 is 0. The molecule has 0 aromatic heterocycles. The fourth-order valence-corrected chi connectivity index (χ4v) is 2.37. The monoisotopic (exact) mass is 420 g/mol. The Morgan fingerprint density at radius 2 is 1.11 bits per heavy atom. The molecule has 0 bridgehead atoms. The van der Waals surface area contributed by atoms with Crippen LogP contribution in [0.2, 0.25) is 0 Å². The molecule has 0 fully saturated rings. The van der Waals surface area contributed by atoms with Crippen molar-refractivity contribution in [3.05, 3.63) is 24.4 Å². The molecule has 0 aliphatic heterocycles. The number of allylic oxidation sites excluding steroid dienone is 3. The fraction of sp³-hybridized carbons (Fsp3) is 0.762. The van der Waals surface area contributed by atoms with E-state index in [1.54, 1.807) is 0 Å². The molecule has 0 aliphatic carbocycles. The highest BCUT2D eigenvalue weighted by Gasteiger charge is 2.00. The van der Waals surface area contributed by atoms with Crippen LogP contribution < -0.4 is 18.6 Å². The second kappa shape index (κ2) is 20.8. The zero-order valence-electron chi connectivity index (χ0n) is 18.3. The van der Waals surface area contributed by atoms with Gasteiger partial charge in [0, 0.05) is 32.0 Å². The molecule has 0 saturated heterocycles. The Morgan fingerprint density at radius 3 is 1.50 bits per heavy atom. The molecule has 0 unspecified atom stereocenters. The van der Waals surface area contributed by atoms with Gasteiger partial charge < -0.3 is 4.90 Å². The van der Waals surface area contributed by atoms with Gasteiger partial charge in [0.25, 0.3) is 0 Å². The van der Waals surface area contributed by atoms with Crippen LogP contribution in [0.5, 0.6) is 0 Å². The summed E-state index contributed by atoms with van der Waals surface area (Å²) in [5, 5.41) is 0. The third-order valence-electron chi connectivity index (χ3n) is 4.01. The highest BCUT2D eigenvalue weighted by atomic mass is 35.7. The summed E-state index contributed by atoms with van der Waals surface area (Å²) in [5.74, 6) is 0. The van der Waals surface area contributed by atoms with E-state index in [1.165, 1.54) is 77.5 Å². The van der Waals surface area contributed by atoms with Crippen molar-refractivity contribution in [3.8, 4) is 0 Å². The van der Waals surface area contributed by atoms with Gasteiger partial charge in [0.05, 0.1) is 0 Å². The van der Waals surface area contributed by atoms with Gasteiger partial charge in [0.2, 0.25) is 0 Å². The normalized spacial score (nSPS) is 11.6. The summed E-state index contributed by atoms with van der Waals surface area (Å²) < 4.78 is 36.4. The van der Waals surface area contributed by atoms with Crippen LogP contribution >= 0.6 is 0 Å². The topological polar surface area (TPSA) is 98.5 Å². The quantitative estimate of drug-likeness (QED) is 0.222. The highest BCUT2D eigenvalue weighted by molar-refractivity contribution is 5.66. The van der Waals surface area contributed by atoms with E-state index in [0.717, 1.165) is 0 Å². The number of halogens is 1. The molecule has 0 aromatic carbocycles. The fourth-order valence-electron chi connectivity index (χ4n) is 2.37. The van der Waals surface area contributed by atoms with Crippen LogP contribution in [0.1, 0.15) is 79.1 Å². The van der Waals surface area contributed by atoms with Crippen molar-refractivity contribution in [2.75, 3.05) is 26.2 Å². The minimum Gasteiger partial charge on any atom is -0.377 e. The van der Waals surface area contributed by atoms with Crippen LogP contribution in [0, 0.1) is 10.2 Å². The molecule has 0 atom stereocenters. The van der Waals surface area contributed by atoms with Crippen LogP contribution in [-0.2, 0) is 0 Å². The molecule has 6 nitrogen and oxygen atoms in total. The van der Waals surface area contributed by atoms with Crippen LogP contribution in [0.3, 0.4) is 0 Å². The average molecular weight is 421 g/mol. The lowest BCUT2D eigenvalue weighted by molar-refractivity contribution is -2.00. The molecule has 0 saturated carbocycles. The number of unbranched alkanes of at least 4 members (excludes halogenated alkanes) is 4. The van der Waals surface area contributed by atoms with Crippen molar-refractivity contribution < 1.29 is 33.5 Å². The first-order valence-corrected chi connectivity index (χ1v) is 11.8. The Morgan fingerprint density at radius 1 is 0.679 bits per heavy atom. The van der Waals surface area contributed by atoms with Crippen molar-refractivity contribution in [2.24, 2.45) is 0 Å². The number of rotatable bonds is 15. The van der Waals surface area contributed by atoms with E-state index < -0.39 is 10.2 Å². The van der Waals surface area contributed by atoms with Gasteiger partial charge in [-0.2, -0.15) is 0 Å². The molecule has 0 radical (unpaired) electrons. The number of nitrogens with zero attached hydrogens (tertiary/aromatic N) is 2. The maximum atomic E-state index is 8.49. The Hall–Kier alpha value is -0.920. The van der Waals surface area contributed by atoms with Gasteiger partial charge in [-0.25, -0.2) is 23.2 Å². The van der Waals surface area contributed by atoms with Crippen molar-refractivity contribution in [2.45, 2.75) is 79.1 Å². The molecule has 7 heteroatoms. The van der Waals surface area contributed by atoms with Crippen molar-refractivity contribution in [3.63, 3.8) is 0 Å². The summed E-state index contributed by atoms with van der Waals surface area (Å²) in [6, 6.07) is 0. The first-order valence-electron chi connectivity index (χ1n) is 10.6. The molecule has 166 valence electrons. The van der Waals surface area contributed by atoms with Gasteiger partial charge in [-0.15, -0.1) is 10.2 Å². The lowest BCUT2D eigenvalue weighted by Crippen LogP contribution is -2.68. The minimum atomic E-state index is -4.94. The van der Waals surface area contributed by atoms with Crippen molar-refractivity contribution in [1.82, 2.24) is 4.90 Å². The molecule has 0 rings (SSSR count). The summed E-state index contributed by atoms with van der Waals surface area (Å²) in [4.78, 5) is 2.46. The second-order valence-electron chi connectivity index (χ2n) is 6.74. The minimum absolute atomic E-state index is 1.18. The van der Waals surface area contributed by atoms with Crippen LogP contribution in [-0.4, -0.2) is 41.9 Å². The van der Waals surface area contributed by atoms with Crippen molar-refractivity contribution >= 4 is 6.21 Å². The first-order chi connectivity index (χ1) is 13.3. The molecule has 0 N–H and O–H groups in total. The third kappa shape index (κ3) is 27.3. The molecule has 0 spiro atoms. The zero-order valence-corrected chi connectivity index (χ0v) is 19.0. The van der Waals surface area contributed by atoms with E-state index >= 15 is 0 Å². The van der Waals surface area contributed by atoms with Gasteiger partial charge in [-0.05, 0) is 25.1 Å². The van der Waals surface area contributed by atoms with Gasteiger partial charge >= 0.3 is 0 Å². The molecular formula is C21H41ClN2O4. The second-order valence-corrected chi connectivity index (χ2v) is 7.50. The summed E-state index contributed by atoms with van der Waals surface area (Å²) in [5.41, 5.74) is 0. The zero-order chi connectivity index (χ0) is 21.7.